The highest BCUT2D eigenvalue weighted by Crippen LogP contribution is 2.25. The summed E-state index contributed by atoms with van der Waals surface area (Å²) >= 11 is 1.14. The van der Waals surface area contributed by atoms with Crippen molar-refractivity contribution in [2.75, 3.05) is 34.8 Å². The summed E-state index contributed by atoms with van der Waals surface area (Å²) in [4.78, 5) is 32.4. The van der Waals surface area contributed by atoms with E-state index in [0.717, 1.165) is 36.1 Å². The number of rotatable bonds is 5. The van der Waals surface area contributed by atoms with E-state index in [-0.39, 0.29) is 23.0 Å². The fourth-order valence-electron chi connectivity index (χ4n) is 2.80. The fourth-order valence-corrected chi connectivity index (χ4v) is 3.48. The second-order valence-corrected chi connectivity index (χ2v) is 6.97. The lowest BCUT2D eigenvalue weighted by atomic mass is 10.1. The molecule has 3 rings (SSSR count). The second-order valence-electron chi connectivity index (χ2n) is 6.01. The van der Waals surface area contributed by atoms with Crippen LogP contribution < -0.4 is 21.5 Å². The number of aryl methyl sites for hydroxylation is 1. The van der Waals surface area contributed by atoms with Crippen LogP contribution in [0.2, 0.25) is 0 Å². The van der Waals surface area contributed by atoms with Gasteiger partial charge in [0.1, 0.15) is 5.82 Å². The molecule has 1 aromatic carbocycles. The summed E-state index contributed by atoms with van der Waals surface area (Å²) in [6.45, 7) is 4.17. The molecule has 1 aliphatic heterocycles. The molecule has 25 heavy (non-hydrogen) atoms. The zero-order valence-corrected chi connectivity index (χ0v) is 14.9. The third kappa shape index (κ3) is 4.54. The summed E-state index contributed by atoms with van der Waals surface area (Å²) < 4.78 is 0. The van der Waals surface area contributed by atoms with Crippen LogP contribution in [0.4, 0.5) is 17.2 Å². The van der Waals surface area contributed by atoms with Crippen molar-refractivity contribution in [3.05, 3.63) is 40.2 Å². The van der Waals surface area contributed by atoms with E-state index in [1.165, 1.54) is 24.6 Å². The Morgan fingerprint density at radius 3 is 2.80 bits per heavy atom. The number of hydrogen-bond acceptors (Lipinski definition) is 6. The molecule has 0 atom stereocenters. The number of thioether (sulfide) groups is 1. The molecule has 2 heterocycles. The molecule has 0 aliphatic carbocycles. The van der Waals surface area contributed by atoms with Gasteiger partial charge in [-0.25, -0.2) is 4.98 Å². The average Bonchev–Trinajstić information content (AvgIpc) is 3.08. The molecule has 0 unspecified atom stereocenters. The van der Waals surface area contributed by atoms with Gasteiger partial charge in [0.2, 0.25) is 5.91 Å². The van der Waals surface area contributed by atoms with E-state index in [1.54, 1.807) is 0 Å². The second kappa shape index (κ2) is 7.60. The van der Waals surface area contributed by atoms with Gasteiger partial charge in [0.25, 0.3) is 5.56 Å². The number of nitrogens with two attached hydrogens (primary N) is 1. The van der Waals surface area contributed by atoms with Crippen LogP contribution >= 0.6 is 11.8 Å². The monoisotopic (exact) mass is 359 g/mol. The first-order valence-electron chi connectivity index (χ1n) is 8.16. The molecule has 1 amide bonds. The molecule has 7 nitrogen and oxygen atoms in total. The summed E-state index contributed by atoms with van der Waals surface area (Å²) in [5, 5.41) is 3.23. The molecule has 0 bridgehead atoms. The number of nitrogens with zero attached hydrogens (tertiary/aromatic N) is 2. The molecule has 1 aliphatic rings. The molecule has 1 saturated heterocycles. The van der Waals surface area contributed by atoms with Crippen molar-refractivity contribution < 1.29 is 4.79 Å². The number of aromatic amines is 1. The highest BCUT2D eigenvalue weighted by molar-refractivity contribution is 7.99. The van der Waals surface area contributed by atoms with Crippen LogP contribution in [0.1, 0.15) is 18.4 Å². The summed E-state index contributed by atoms with van der Waals surface area (Å²) in [6.07, 6.45) is 2.46. The zero-order valence-electron chi connectivity index (χ0n) is 14.0. The number of anilines is 3. The van der Waals surface area contributed by atoms with Crippen LogP contribution in [0.5, 0.6) is 0 Å². The number of amides is 1. The maximum atomic E-state index is 12.2. The summed E-state index contributed by atoms with van der Waals surface area (Å²) in [5.74, 6) is 0.117. The Labute approximate surface area is 150 Å². The Hall–Kier alpha value is -2.48. The van der Waals surface area contributed by atoms with E-state index in [2.05, 4.69) is 26.3 Å². The van der Waals surface area contributed by atoms with Crippen molar-refractivity contribution in [3.8, 4) is 0 Å². The third-order valence-corrected chi connectivity index (χ3v) is 4.91. The zero-order chi connectivity index (χ0) is 17.8. The van der Waals surface area contributed by atoms with Crippen LogP contribution in [0.3, 0.4) is 0 Å². The number of nitrogen functional groups attached to an aromatic ring is 1. The Morgan fingerprint density at radius 1 is 1.36 bits per heavy atom. The Balaban J connectivity index is 1.59. The van der Waals surface area contributed by atoms with Gasteiger partial charge in [-0.1, -0.05) is 11.8 Å². The van der Waals surface area contributed by atoms with E-state index in [9.17, 15) is 9.59 Å². The third-order valence-electron chi connectivity index (χ3n) is 4.04. The van der Waals surface area contributed by atoms with E-state index < -0.39 is 0 Å². The fraction of sp³-hybridized carbons (Fsp3) is 0.353. The Morgan fingerprint density at radius 2 is 2.12 bits per heavy atom. The van der Waals surface area contributed by atoms with Crippen molar-refractivity contribution >= 4 is 34.9 Å². The molecule has 4 N–H and O–H groups in total. The van der Waals surface area contributed by atoms with Crippen LogP contribution in [0.15, 0.2) is 34.2 Å². The van der Waals surface area contributed by atoms with Gasteiger partial charge in [-0.15, -0.1) is 0 Å². The van der Waals surface area contributed by atoms with Gasteiger partial charge in [-0.05, 0) is 43.5 Å². The summed E-state index contributed by atoms with van der Waals surface area (Å²) in [7, 11) is 0. The van der Waals surface area contributed by atoms with E-state index >= 15 is 0 Å². The maximum absolute atomic E-state index is 12.2. The largest absolute Gasteiger partial charge is 0.383 e. The number of nitrogens with one attached hydrogen (secondary N) is 2. The summed E-state index contributed by atoms with van der Waals surface area (Å²) in [6, 6.07) is 7.28. The number of carbonyl (C=O) groups is 1. The predicted molar refractivity (Wildman–Crippen MR) is 101 cm³/mol. The van der Waals surface area contributed by atoms with Gasteiger partial charge >= 0.3 is 0 Å². The minimum Gasteiger partial charge on any atom is -0.383 e. The van der Waals surface area contributed by atoms with E-state index in [0.29, 0.717) is 5.16 Å². The van der Waals surface area contributed by atoms with Crippen LogP contribution in [0.25, 0.3) is 0 Å². The molecule has 8 heteroatoms. The highest BCUT2D eigenvalue weighted by atomic mass is 32.2. The van der Waals surface area contributed by atoms with E-state index in [1.807, 2.05) is 19.1 Å². The standard InChI is InChI=1S/C17H21N5O2S/c1-11-8-12(22-6-2-3-7-22)4-5-13(11)19-16(24)10-25-17-20-14(18)9-15(23)21-17/h4-5,8-9H,2-3,6-7,10H2,1H3,(H,19,24)(H3,18,20,21,23). The number of hydrogen-bond donors (Lipinski definition) is 3. The normalized spacial score (nSPS) is 13.9. The van der Waals surface area contributed by atoms with Gasteiger partial charge in [-0.2, -0.15) is 0 Å². The molecule has 0 saturated carbocycles. The van der Waals surface area contributed by atoms with Crippen molar-refractivity contribution in [1.82, 2.24) is 9.97 Å². The lowest BCUT2D eigenvalue weighted by molar-refractivity contribution is -0.113. The molecule has 1 fully saturated rings. The molecule has 132 valence electrons. The molecule has 0 spiro atoms. The first kappa shape index (κ1) is 17.3. The van der Waals surface area contributed by atoms with Gasteiger partial charge < -0.3 is 20.9 Å². The predicted octanol–water partition coefficient (Wildman–Crippen LogP) is 1.99. The summed E-state index contributed by atoms with van der Waals surface area (Å²) in [5.41, 5.74) is 8.21. The van der Waals surface area contributed by atoms with E-state index in [4.69, 9.17) is 5.73 Å². The van der Waals surface area contributed by atoms with Crippen molar-refractivity contribution in [2.24, 2.45) is 0 Å². The average molecular weight is 359 g/mol. The highest BCUT2D eigenvalue weighted by Gasteiger charge is 2.14. The number of H-pyrrole nitrogens is 1. The topological polar surface area (TPSA) is 104 Å². The van der Waals surface area contributed by atoms with Gasteiger partial charge in [0, 0.05) is 30.5 Å². The first-order valence-corrected chi connectivity index (χ1v) is 9.15. The molecular formula is C17H21N5O2S. The molecule has 1 aromatic heterocycles. The van der Waals surface area contributed by atoms with Crippen LogP contribution in [-0.2, 0) is 4.79 Å². The number of carbonyl (C=O) groups excluding carboxylic acids is 1. The van der Waals surface area contributed by atoms with Gasteiger partial charge in [0.05, 0.1) is 5.75 Å². The van der Waals surface area contributed by atoms with Crippen molar-refractivity contribution in [2.45, 2.75) is 24.9 Å². The molecule has 0 radical (unpaired) electrons. The smallest absolute Gasteiger partial charge is 0.253 e. The number of aromatic nitrogens is 2. The minimum atomic E-state index is -0.330. The van der Waals surface area contributed by atoms with Crippen molar-refractivity contribution in [3.63, 3.8) is 0 Å². The first-order chi connectivity index (χ1) is 12.0. The molecule has 2 aromatic rings. The lowest BCUT2D eigenvalue weighted by Crippen LogP contribution is -2.19. The number of benzene rings is 1. The van der Waals surface area contributed by atoms with Crippen LogP contribution in [-0.4, -0.2) is 34.7 Å². The lowest BCUT2D eigenvalue weighted by Gasteiger charge is -2.19. The Kier molecular flexibility index (Phi) is 5.28. The maximum Gasteiger partial charge on any atom is 0.253 e. The van der Waals surface area contributed by atoms with Gasteiger partial charge in [0.15, 0.2) is 5.16 Å². The SMILES string of the molecule is Cc1cc(N2CCCC2)ccc1NC(=O)CSc1nc(N)cc(=O)[nH]1. The van der Waals surface area contributed by atoms with Gasteiger partial charge in [-0.3, -0.25) is 9.59 Å². The minimum absolute atomic E-state index is 0.139. The quantitative estimate of drug-likeness (QED) is 0.557. The van der Waals surface area contributed by atoms with Crippen molar-refractivity contribution in [1.29, 1.82) is 0 Å². The van der Waals surface area contributed by atoms with Crippen LogP contribution in [0, 0.1) is 6.92 Å². The molecular weight excluding hydrogens is 338 g/mol. The Bertz CT molecular complexity index is 830.